The van der Waals surface area contributed by atoms with Crippen LogP contribution >= 0.6 is 0 Å². The van der Waals surface area contributed by atoms with E-state index in [-0.39, 0.29) is 18.1 Å². The second-order valence-corrected chi connectivity index (χ2v) is 8.57. The summed E-state index contributed by atoms with van der Waals surface area (Å²) in [6.45, 7) is 3.50. The Kier molecular flexibility index (Phi) is 12.0. The molecule has 0 saturated carbocycles. The number of primary amides is 1. The summed E-state index contributed by atoms with van der Waals surface area (Å²) in [6, 6.07) is -0.293. The number of aliphatic carboxylic acids is 2. The van der Waals surface area contributed by atoms with Crippen molar-refractivity contribution >= 4 is 35.6 Å². The van der Waals surface area contributed by atoms with E-state index in [1.54, 1.807) is 13.8 Å². The van der Waals surface area contributed by atoms with Crippen LogP contribution in [0.4, 0.5) is 0 Å². The molecule has 204 valence electrons. The van der Waals surface area contributed by atoms with Crippen LogP contribution in [0.25, 0.3) is 0 Å². The first-order valence-corrected chi connectivity index (χ1v) is 11.4. The van der Waals surface area contributed by atoms with Gasteiger partial charge in [-0.25, -0.2) is 4.79 Å². The highest BCUT2D eigenvalue weighted by Gasteiger charge is 2.33. The fourth-order valence-corrected chi connectivity index (χ4v) is 3.19. The summed E-state index contributed by atoms with van der Waals surface area (Å²) in [5.74, 6) is -7.15. The lowest BCUT2D eigenvalue weighted by atomic mass is 9.99. The highest BCUT2D eigenvalue weighted by atomic mass is 16.4. The Morgan fingerprint density at radius 2 is 1.32 bits per heavy atom. The fraction of sp³-hybridized carbons (Fsp3) is 0.478. The molecule has 0 spiro atoms. The van der Waals surface area contributed by atoms with Gasteiger partial charge in [0.05, 0.1) is 18.9 Å². The maximum atomic E-state index is 12.8. The van der Waals surface area contributed by atoms with Crippen LogP contribution in [0.15, 0.2) is 24.3 Å². The molecule has 5 unspecified atom stereocenters. The summed E-state index contributed by atoms with van der Waals surface area (Å²) in [4.78, 5) is 72.5. The number of carbonyl (C=O) groups excluding carboxylic acids is 4. The Hall–Kier alpha value is -4.20. The monoisotopic (exact) mass is 523 g/mol. The van der Waals surface area contributed by atoms with E-state index in [1.165, 1.54) is 24.3 Å². The lowest BCUT2D eigenvalue weighted by Crippen LogP contribution is -2.58. The van der Waals surface area contributed by atoms with Crippen LogP contribution < -0.4 is 27.4 Å². The number of benzene rings is 1. The van der Waals surface area contributed by atoms with E-state index in [9.17, 15) is 44.1 Å². The molecule has 4 amide bonds. The molecule has 0 aliphatic heterocycles. The van der Waals surface area contributed by atoms with Crippen molar-refractivity contribution in [2.45, 2.75) is 63.7 Å². The summed E-state index contributed by atoms with van der Waals surface area (Å²) < 4.78 is 0. The number of hydrogen-bond donors (Lipinski definition) is 8. The predicted molar refractivity (Wildman–Crippen MR) is 129 cm³/mol. The maximum Gasteiger partial charge on any atom is 0.326 e. The standard InChI is InChI=1S/C23H33N5O9/c1-3-11(2)19(25)22(35)27-14(9-17(24)30)20(33)26-15(10-18(31)32)21(34)28-16(23(36)37)8-12-4-6-13(29)7-5-12/h4-7,11,14-16,19,29H,3,8-10,25H2,1-2H3,(H2,24,30)(H,26,33)(H,27,35)(H,28,34)(H,31,32)(H,36,37). The number of nitrogens with two attached hydrogens (primary N) is 2. The molecule has 1 aromatic rings. The molecule has 0 saturated heterocycles. The van der Waals surface area contributed by atoms with Crippen molar-refractivity contribution in [1.29, 1.82) is 0 Å². The Bertz CT molecular complexity index is 999. The van der Waals surface area contributed by atoms with Gasteiger partial charge in [0.25, 0.3) is 0 Å². The van der Waals surface area contributed by atoms with Gasteiger partial charge in [0.2, 0.25) is 23.6 Å². The van der Waals surface area contributed by atoms with Crippen molar-refractivity contribution in [3.63, 3.8) is 0 Å². The molecular formula is C23H33N5O9. The molecule has 0 aliphatic rings. The minimum absolute atomic E-state index is 0.0494. The first-order valence-electron chi connectivity index (χ1n) is 11.4. The van der Waals surface area contributed by atoms with E-state index >= 15 is 0 Å². The molecule has 0 aromatic heterocycles. The van der Waals surface area contributed by atoms with Crippen molar-refractivity contribution in [2.75, 3.05) is 0 Å². The molecule has 14 nitrogen and oxygen atoms in total. The fourth-order valence-electron chi connectivity index (χ4n) is 3.19. The minimum atomic E-state index is -1.75. The quantitative estimate of drug-likeness (QED) is 0.128. The molecule has 0 fully saturated rings. The third kappa shape index (κ3) is 10.5. The van der Waals surface area contributed by atoms with Gasteiger partial charge in [-0.05, 0) is 23.6 Å². The smallest absolute Gasteiger partial charge is 0.326 e. The summed E-state index contributed by atoms with van der Waals surface area (Å²) in [6.07, 6.45) is -1.24. The van der Waals surface area contributed by atoms with Crippen LogP contribution in [0.1, 0.15) is 38.7 Å². The average Bonchev–Trinajstić information content (AvgIpc) is 2.82. The molecule has 0 bridgehead atoms. The number of phenols is 1. The van der Waals surface area contributed by atoms with Crippen LogP contribution in [0.3, 0.4) is 0 Å². The SMILES string of the molecule is CCC(C)C(N)C(=O)NC(CC(N)=O)C(=O)NC(CC(=O)O)C(=O)NC(Cc1ccc(O)cc1)C(=O)O. The number of carboxylic acids is 2. The van der Waals surface area contributed by atoms with E-state index in [0.717, 1.165) is 0 Å². The number of aromatic hydroxyl groups is 1. The van der Waals surface area contributed by atoms with Crippen LogP contribution in [0.5, 0.6) is 5.75 Å². The van der Waals surface area contributed by atoms with Crippen LogP contribution in [-0.4, -0.2) is 75.1 Å². The summed E-state index contributed by atoms with van der Waals surface area (Å²) in [5, 5.41) is 34.7. The van der Waals surface area contributed by atoms with Gasteiger partial charge in [-0.15, -0.1) is 0 Å². The van der Waals surface area contributed by atoms with Gasteiger partial charge < -0.3 is 42.7 Å². The van der Waals surface area contributed by atoms with Gasteiger partial charge in [-0.3, -0.25) is 24.0 Å². The molecule has 5 atom stereocenters. The number of carbonyl (C=O) groups is 6. The Morgan fingerprint density at radius 1 is 0.838 bits per heavy atom. The molecule has 1 rings (SSSR count). The van der Waals surface area contributed by atoms with E-state index in [0.29, 0.717) is 12.0 Å². The second kappa shape index (κ2) is 14.4. The summed E-state index contributed by atoms with van der Waals surface area (Å²) >= 11 is 0. The van der Waals surface area contributed by atoms with Crippen molar-refractivity contribution in [3.05, 3.63) is 29.8 Å². The van der Waals surface area contributed by atoms with E-state index < -0.39 is 72.6 Å². The number of rotatable bonds is 15. The molecule has 10 N–H and O–H groups in total. The van der Waals surface area contributed by atoms with Gasteiger partial charge in [0.15, 0.2) is 0 Å². The molecule has 1 aromatic carbocycles. The number of nitrogens with one attached hydrogen (secondary N) is 3. The van der Waals surface area contributed by atoms with E-state index in [2.05, 4.69) is 16.0 Å². The molecular weight excluding hydrogens is 490 g/mol. The van der Waals surface area contributed by atoms with Crippen LogP contribution in [-0.2, 0) is 35.2 Å². The number of amides is 4. The van der Waals surface area contributed by atoms with Crippen molar-refractivity contribution in [3.8, 4) is 5.75 Å². The third-order valence-corrected chi connectivity index (χ3v) is 5.60. The summed E-state index contributed by atoms with van der Waals surface area (Å²) in [7, 11) is 0. The van der Waals surface area contributed by atoms with Gasteiger partial charge in [0.1, 0.15) is 23.9 Å². The number of carboxylic acid groups (broad SMARTS) is 2. The minimum Gasteiger partial charge on any atom is -0.508 e. The lowest BCUT2D eigenvalue weighted by molar-refractivity contribution is -0.143. The van der Waals surface area contributed by atoms with Crippen LogP contribution in [0.2, 0.25) is 0 Å². The van der Waals surface area contributed by atoms with Crippen molar-refractivity contribution in [2.24, 2.45) is 17.4 Å². The van der Waals surface area contributed by atoms with Crippen LogP contribution in [0, 0.1) is 5.92 Å². The maximum absolute atomic E-state index is 12.8. The van der Waals surface area contributed by atoms with Gasteiger partial charge >= 0.3 is 11.9 Å². The van der Waals surface area contributed by atoms with Gasteiger partial charge in [-0.1, -0.05) is 32.4 Å². The molecule has 0 heterocycles. The first kappa shape index (κ1) is 30.8. The highest BCUT2D eigenvalue weighted by Crippen LogP contribution is 2.12. The zero-order valence-corrected chi connectivity index (χ0v) is 20.5. The number of phenolic OH excluding ortho intramolecular Hbond substituents is 1. The topological polar surface area (TPSA) is 251 Å². The Balaban J connectivity index is 3.05. The van der Waals surface area contributed by atoms with Gasteiger partial charge in [-0.2, -0.15) is 0 Å². The Labute approximate surface area is 212 Å². The van der Waals surface area contributed by atoms with Crippen molar-refractivity contribution in [1.82, 2.24) is 16.0 Å². The molecule has 14 heteroatoms. The molecule has 0 aliphatic carbocycles. The second-order valence-electron chi connectivity index (χ2n) is 8.57. The lowest BCUT2D eigenvalue weighted by Gasteiger charge is -2.25. The van der Waals surface area contributed by atoms with E-state index in [4.69, 9.17) is 11.5 Å². The van der Waals surface area contributed by atoms with E-state index in [1.807, 2.05) is 0 Å². The third-order valence-electron chi connectivity index (χ3n) is 5.60. The predicted octanol–water partition coefficient (Wildman–Crippen LogP) is -1.80. The zero-order valence-electron chi connectivity index (χ0n) is 20.5. The highest BCUT2D eigenvalue weighted by molar-refractivity contribution is 5.97. The van der Waals surface area contributed by atoms with Crippen molar-refractivity contribution < 1.29 is 44.1 Å². The normalized spacial score (nSPS) is 14.8. The average molecular weight is 524 g/mol. The molecule has 37 heavy (non-hydrogen) atoms. The number of hydrogen-bond acceptors (Lipinski definition) is 8. The van der Waals surface area contributed by atoms with Gasteiger partial charge in [0, 0.05) is 6.42 Å². The first-order chi connectivity index (χ1) is 17.2. The zero-order chi connectivity index (χ0) is 28.3. The summed E-state index contributed by atoms with van der Waals surface area (Å²) in [5.41, 5.74) is 11.5. The Morgan fingerprint density at radius 3 is 1.78 bits per heavy atom. The largest absolute Gasteiger partial charge is 0.508 e. The molecule has 0 radical (unpaired) electrons.